The van der Waals surface area contributed by atoms with Crippen LogP contribution >= 0.6 is 0 Å². The maximum atomic E-state index is 11.0. The van der Waals surface area contributed by atoms with Crippen molar-refractivity contribution in [1.82, 2.24) is 9.55 Å². The van der Waals surface area contributed by atoms with Crippen LogP contribution in [-0.2, 0) is 17.8 Å². The van der Waals surface area contributed by atoms with Crippen LogP contribution in [0.2, 0.25) is 0 Å². The normalized spacial score (nSPS) is 11.9. The molecule has 0 bridgehead atoms. The van der Waals surface area contributed by atoms with E-state index in [0.29, 0.717) is 0 Å². The molecule has 0 aliphatic rings. The molecule has 0 fully saturated rings. The molecule has 1 heterocycles. The van der Waals surface area contributed by atoms with Gasteiger partial charge in [-0.25, -0.2) is 4.98 Å². The largest absolute Gasteiger partial charge is 0.480 e. The molecule has 0 atom stereocenters. The van der Waals surface area contributed by atoms with Gasteiger partial charge in [0, 0.05) is 6.42 Å². The van der Waals surface area contributed by atoms with E-state index >= 15 is 0 Å². The number of aliphatic carboxylic acids is 1. The van der Waals surface area contributed by atoms with Gasteiger partial charge in [-0.15, -0.1) is 0 Å². The van der Waals surface area contributed by atoms with Gasteiger partial charge >= 0.3 is 5.97 Å². The summed E-state index contributed by atoms with van der Waals surface area (Å²) in [4.78, 5) is 15.5. The molecule has 2 aromatic rings. The number of fused-ring (bicyclic) bond motifs is 1. The average molecular weight is 246 g/mol. The summed E-state index contributed by atoms with van der Waals surface area (Å²) >= 11 is 0. The summed E-state index contributed by atoms with van der Waals surface area (Å²) in [5, 5.41) is 9.02. The van der Waals surface area contributed by atoms with Crippen molar-refractivity contribution in [3.8, 4) is 0 Å². The minimum absolute atomic E-state index is 0.0358. The second-order valence-corrected chi connectivity index (χ2v) is 5.73. The van der Waals surface area contributed by atoms with Gasteiger partial charge in [-0.05, 0) is 17.5 Å². The summed E-state index contributed by atoms with van der Waals surface area (Å²) in [6.07, 6.45) is 0.759. The Morgan fingerprint density at radius 3 is 2.61 bits per heavy atom. The quantitative estimate of drug-likeness (QED) is 0.906. The zero-order valence-electron chi connectivity index (χ0n) is 11.0. The molecule has 4 heteroatoms. The number of carboxylic acids is 1. The Hall–Kier alpha value is -1.84. The highest BCUT2D eigenvalue weighted by atomic mass is 16.4. The third-order valence-electron chi connectivity index (χ3n) is 2.72. The summed E-state index contributed by atoms with van der Waals surface area (Å²) < 4.78 is 1.79. The van der Waals surface area contributed by atoms with Gasteiger partial charge in [0.2, 0.25) is 0 Å². The van der Waals surface area contributed by atoms with Crippen LogP contribution < -0.4 is 0 Å². The van der Waals surface area contributed by atoms with E-state index in [2.05, 4.69) is 25.8 Å². The predicted octanol–water partition coefficient (Wildman–Crippen LogP) is 2.71. The van der Waals surface area contributed by atoms with Crippen LogP contribution in [0.4, 0.5) is 0 Å². The Morgan fingerprint density at radius 1 is 1.33 bits per heavy atom. The molecule has 0 aliphatic heterocycles. The van der Waals surface area contributed by atoms with E-state index in [1.54, 1.807) is 4.57 Å². The monoisotopic (exact) mass is 246 g/mol. The molecule has 1 aromatic heterocycles. The van der Waals surface area contributed by atoms with Gasteiger partial charge in [0.25, 0.3) is 0 Å². The Morgan fingerprint density at radius 2 is 2.00 bits per heavy atom. The van der Waals surface area contributed by atoms with Gasteiger partial charge in [0.15, 0.2) is 0 Å². The second kappa shape index (κ2) is 4.44. The Kier molecular flexibility index (Phi) is 3.11. The molecule has 0 unspecified atom stereocenters. The van der Waals surface area contributed by atoms with Crippen molar-refractivity contribution in [3.05, 3.63) is 30.1 Å². The van der Waals surface area contributed by atoms with Crippen molar-refractivity contribution in [1.29, 1.82) is 0 Å². The van der Waals surface area contributed by atoms with Crippen LogP contribution in [0.1, 0.15) is 26.6 Å². The first-order valence-corrected chi connectivity index (χ1v) is 6.03. The third-order valence-corrected chi connectivity index (χ3v) is 2.72. The number of benzene rings is 1. The van der Waals surface area contributed by atoms with Gasteiger partial charge in [0.05, 0.1) is 11.0 Å². The van der Waals surface area contributed by atoms with Crippen molar-refractivity contribution < 1.29 is 9.90 Å². The van der Waals surface area contributed by atoms with Crippen molar-refractivity contribution in [2.75, 3.05) is 0 Å². The Bertz CT molecular complexity index is 579. The van der Waals surface area contributed by atoms with Gasteiger partial charge in [-0.1, -0.05) is 32.9 Å². The first-order valence-electron chi connectivity index (χ1n) is 6.03. The zero-order chi connectivity index (χ0) is 13.3. The maximum Gasteiger partial charge on any atom is 0.323 e. The molecule has 4 nitrogen and oxygen atoms in total. The van der Waals surface area contributed by atoms with Crippen LogP contribution in [-0.4, -0.2) is 20.6 Å². The molecule has 96 valence electrons. The molecule has 18 heavy (non-hydrogen) atoms. The van der Waals surface area contributed by atoms with Crippen LogP contribution in [0.25, 0.3) is 11.0 Å². The van der Waals surface area contributed by atoms with Gasteiger partial charge < -0.3 is 9.67 Å². The summed E-state index contributed by atoms with van der Waals surface area (Å²) in [7, 11) is 0. The molecular formula is C14H18N2O2. The number of carboxylic acid groups (broad SMARTS) is 1. The lowest BCUT2D eigenvalue weighted by molar-refractivity contribution is -0.137. The van der Waals surface area contributed by atoms with Crippen molar-refractivity contribution in [3.63, 3.8) is 0 Å². The number of aromatic nitrogens is 2. The Balaban J connectivity index is 2.53. The highest BCUT2D eigenvalue weighted by Gasteiger charge is 2.19. The van der Waals surface area contributed by atoms with E-state index < -0.39 is 5.97 Å². The van der Waals surface area contributed by atoms with E-state index in [9.17, 15) is 4.79 Å². The zero-order valence-corrected chi connectivity index (χ0v) is 11.0. The molecule has 0 radical (unpaired) electrons. The number of carbonyl (C=O) groups is 1. The first-order chi connectivity index (χ1) is 8.37. The number of hydrogen-bond donors (Lipinski definition) is 1. The number of hydrogen-bond acceptors (Lipinski definition) is 2. The van der Waals surface area contributed by atoms with E-state index in [0.717, 1.165) is 23.3 Å². The van der Waals surface area contributed by atoms with E-state index in [1.807, 2.05) is 24.3 Å². The minimum Gasteiger partial charge on any atom is -0.480 e. The predicted molar refractivity (Wildman–Crippen MR) is 70.5 cm³/mol. The van der Waals surface area contributed by atoms with E-state index in [1.165, 1.54) is 0 Å². The average Bonchev–Trinajstić information content (AvgIpc) is 2.54. The molecular weight excluding hydrogens is 228 g/mol. The summed E-state index contributed by atoms with van der Waals surface area (Å²) in [6, 6.07) is 7.65. The molecule has 0 saturated carbocycles. The van der Waals surface area contributed by atoms with Gasteiger partial charge in [0.1, 0.15) is 12.4 Å². The lowest BCUT2D eigenvalue weighted by atomic mass is 9.92. The van der Waals surface area contributed by atoms with Crippen molar-refractivity contribution >= 4 is 17.0 Å². The summed E-state index contributed by atoms with van der Waals surface area (Å²) in [5.41, 5.74) is 1.83. The van der Waals surface area contributed by atoms with Crippen LogP contribution in [0.3, 0.4) is 0 Å². The fourth-order valence-corrected chi connectivity index (χ4v) is 2.05. The first kappa shape index (κ1) is 12.6. The third kappa shape index (κ3) is 2.70. The smallest absolute Gasteiger partial charge is 0.323 e. The molecule has 0 amide bonds. The van der Waals surface area contributed by atoms with Crippen molar-refractivity contribution in [2.24, 2.45) is 5.41 Å². The van der Waals surface area contributed by atoms with Crippen LogP contribution in [0.5, 0.6) is 0 Å². The number of imidazole rings is 1. The van der Waals surface area contributed by atoms with Gasteiger partial charge in [-0.3, -0.25) is 4.79 Å². The SMILES string of the molecule is CC(C)(C)Cc1nc2ccccc2n1CC(=O)O. The number of para-hydroxylation sites is 2. The maximum absolute atomic E-state index is 11.0. The molecule has 0 aliphatic carbocycles. The molecule has 0 spiro atoms. The van der Waals surface area contributed by atoms with Crippen molar-refractivity contribution in [2.45, 2.75) is 33.7 Å². The van der Waals surface area contributed by atoms with E-state index in [4.69, 9.17) is 5.11 Å². The Labute approximate surface area is 106 Å². The standard InChI is InChI=1S/C14H18N2O2/c1-14(2,3)8-12-15-10-6-4-5-7-11(10)16(12)9-13(17)18/h4-7H,8-9H2,1-3H3,(H,17,18). The lowest BCUT2D eigenvalue weighted by Gasteiger charge is -2.18. The molecule has 1 aromatic carbocycles. The fourth-order valence-electron chi connectivity index (χ4n) is 2.05. The number of rotatable bonds is 3. The lowest BCUT2D eigenvalue weighted by Crippen LogP contribution is -2.17. The van der Waals surface area contributed by atoms with E-state index in [-0.39, 0.29) is 12.0 Å². The summed E-state index contributed by atoms with van der Waals surface area (Å²) in [6.45, 7) is 6.33. The summed E-state index contributed by atoms with van der Waals surface area (Å²) in [5.74, 6) is -0.000544. The topological polar surface area (TPSA) is 55.1 Å². The molecule has 1 N–H and O–H groups in total. The number of nitrogens with zero attached hydrogens (tertiary/aromatic N) is 2. The highest BCUT2D eigenvalue weighted by Crippen LogP contribution is 2.23. The molecule has 0 saturated heterocycles. The fraction of sp³-hybridized carbons (Fsp3) is 0.429. The second-order valence-electron chi connectivity index (χ2n) is 5.73. The molecule has 2 rings (SSSR count). The highest BCUT2D eigenvalue weighted by molar-refractivity contribution is 5.78. The minimum atomic E-state index is -0.840. The van der Waals surface area contributed by atoms with Gasteiger partial charge in [-0.2, -0.15) is 0 Å². The van der Waals surface area contributed by atoms with Crippen LogP contribution in [0, 0.1) is 5.41 Å². The van der Waals surface area contributed by atoms with Crippen LogP contribution in [0.15, 0.2) is 24.3 Å².